The third kappa shape index (κ3) is 2.86. The molecule has 0 atom stereocenters. The van der Waals surface area contributed by atoms with Gasteiger partial charge in [0.1, 0.15) is 10.7 Å². The van der Waals surface area contributed by atoms with Gasteiger partial charge in [-0.05, 0) is 24.6 Å². The zero-order valence-electron chi connectivity index (χ0n) is 9.54. The molecular weight excluding hydrogens is 275 g/mol. The van der Waals surface area contributed by atoms with Crippen LogP contribution >= 0.6 is 22.9 Å². The molecule has 0 aliphatic heterocycles. The summed E-state index contributed by atoms with van der Waals surface area (Å²) in [4.78, 5) is 16.4. The summed E-state index contributed by atoms with van der Waals surface area (Å²) in [5, 5.41) is 3.65. The van der Waals surface area contributed by atoms with Crippen molar-refractivity contribution in [1.29, 1.82) is 0 Å². The van der Waals surface area contributed by atoms with Crippen LogP contribution in [0, 0.1) is 5.82 Å². The molecule has 3 nitrogen and oxygen atoms in total. The number of anilines is 1. The van der Waals surface area contributed by atoms with Crippen LogP contribution in [0.5, 0.6) is 0 Å². The van der Waals surface area contributed by atoms with E-state index in [1.54, 1.807) is 0 Å². The van der Waals surface area contributed by atoms with Crippen LogP contribution in [0.25, 0.3) is 0 Å². The lowest BCUT2D eigenvalue weighted by Gasteiger charge is -2.04. The summed E-state index contributed by atoms with van der Waals surface area (Å²) in [6.07, 6.45) is 2.26. The maximum atomic E-state index is 13.5. The zero-order chi connectivity index (χ0) is 13.1. The van der Waals surface area contributed by atoms with Crippen LogP contribution in [0.3, 0.4) is 0 Å². The maximum absolute atomic E-state index is 13.5. The van der Waals surface area contributed by atoms with E-state index in [2.05, 4.69) is 10.3 Å². The number of rotatable bonds is 3. The predicted octanol–water partition coefficient (Wildman–Crippen LogP) is 3.75. The normalized spacial score (nSPS) is 10.4. The molecule has 94 valence electrons. The molecule has 0 saturated carbocycles. The SMILES string of the molecule is CCc1ncc(C(=O)Nc2ccc(Cl)cc2F)s1. The molecule has 1 N–H and O–H groups in total. The van der Waals surface area contributed by atoms with Gasteiger partial charge in [-0.1, -0.05) is 18.5 Å². The quantitative estimate of drug-likeness (QED) is 0.933. The van der Waals surface area contributed by atoms with Gasteiger partial charge in [0, 0.05) is 5.02 Å². The number of hydrogen-bond donors (Lipinski definition) is 1. The number of halogens is 2. The highest BCUT2D eigenvalue weighted by Gasteiger charge is 2.12. The Balaban J connectivity index is 2.16. The van der Waals surface area contributed by atoms with Gasteiger partial charge in [-0.15, -0.1) is 11.3 Å². The van der Waals surface area contributed by atoms with E-state index in [1.165, 1.54) is 29.7 Å². The fraction of sp³-hybridized carbons (Fsp3) is 0.167. The number of carbonyl (C=O) groups is 1. The Hall–Kier alpha value is -1.46. The first-order chi connectivity index (χ1) is 8.60. The van der Waals surface area contributed by atoms with Crippen molar-refractivity contribution in [2.75, 3.05) is 5.32 Å². The molecule has 1 aromatic carbocycles. The fourth-order valence-corrected chi connectivity index (χ4v) is 2.26. The second kappa shape index (κ2) is 5.46. The molecule has 1 aromatic heterocycles. The molecule has 0 fully saturated rings. The molecule has 2 rings (SSSR count). The molecule has 0 saturated heterocycles. The van der Waals surface area contributed by atoms with Crippen molar-refractivity contribution in [2.24, 2.45) is 0 Å². The minimum Gasteiger partial charge on any atom is -0.319 e. The van der Waals surface area contributed by atoms with Crippen molar-refractivity contribution in [3.63, 3.8) is 0 Å². The molecule has 1 amide bonds. The van der Waals surface area contributed by atoms with Crippen LogP contribution in [-0.4, -0.2) is 10.9 Å². The standard InChI is InChI=1S/C12H10ClFN2OS/c1-2-11-15-6-10(18-11)12(17)16-9-4-3-7(13)5-8(9)14/h3-6H,2H2,1H3,(H,16,17). The second-order valence-electron chi connectivity index (χ2n) is 3.55. The number of benzene rings is 1. The molecule has 2 aromatic rings. The van der Waals surface area contributed by atoms with E-state index in [0.717, 1.165) is 17.5 Å². The summed E-state index contributed by atoms with van der Waals surface area (Å²) in [6, 6.07) is 4.10. The van der Waals surface area contributed by atoms with E-state index in [9.17, 15) is 9.18 Å². The summed E-state index contributed by atoms with van der Waals surface area (Å²) in [5.74, 6) is -0.926. The van der Waals surface area contributed by atoms with Gasteiger partial charge < -0.3 is 5.32 Å². The van der Waals surface area contributed by atoms with Gasteiger partial charge in [-0.2, -0.15) is 0 Å². The van der Waals surface area contributed by atoms with Crippen LogP contribution in [0.2, 0.25) is 5.02 Å². The third-order valence-corrected chi connectivity index (χ3v) is 3.63. The smallest absolute Gasteiger partial charge is 0.267 e. The van der Waals surface area contributed by atoms with Crippen LogP contribution in [-0.2, 0) is 6.42 Å². The van der Waals surface area contributed by atoms with Crippen molar-refractivity contribution in [3.05, 3.63) is 45.1 Å². The second-order valence-corrected chi connectivity index (χ2v) is 5.10. The van der Waals surface area contributed by atoms with E-state index in [4.69, 9.17) is 11.6 Å². The molecule has 0 spiro atoms. The van der Waals surface area contributed by atoms with Gasteiger partial charge in [0.25, 0.3) is 5.91 Å². The van der Waals surface area contributed by atoms with Crippen molar-refractivity contribution < 1.29 is 9.18 Å². The minimum atomic E-state index is -0.559. The Morgan fingerprint density at radius 2 is 2.33 bits per heavy atom. The first-order valence-electron chi connectivity index (χ1n) is 5.31. The summed E-state index contributed by atoms with van der Waals surface area (Å²) in [7, 11) is 0. The summed E-state index contributed by atoms with van der Waals surface area (Å²) >= 11 is 6.93. The molecule has 0 aliphatic carbocycles. The van der Waals surface area contributed by atoms with E-state index < -0.39 is 5.82 Å². The highest BCUT2D eigenvalue weighted by atomic mass is 35.5. The zero-order valence-corrected chi connectivity index (χ0v) is 11.1. The highest BCUT2D eigenvalue weighted by molar-refractivity contribution is 7.13. The summed E-state index contributed by atoms with van der Waals surface area (Å²) in [5.41, 5.74) is 0.107. The van der Waals surface area contributed by atoms with Crippen molar-refractivity contribution in [3.8, 4) is 0 Å². The Labute approximate surface area is 113 Å². The average molecular weight is 285 g/mol. The van der Waals surface area contributed by atoms with Gasteiger partial charge >= 0.3 is 0 Å². The number of carbonyl (C=O) groups excluding carboxylic acids is 1. The monoisotopic (exact) mass is 284 g/mol. The lowest BCUT2D eigenvalue weighted by Crippen LogP contribution is -2.11. The Bertz CT molecular complexity index is 585. The molecule has 0 radical (unpaired) electrons. The number of nitrogens with one attached hydrogen (secondary N) is 1. The van der Waals surface area contributed by atoms with E-state index in [1.807, 2.05) is 6.92 Å². The molecular formula is C12H10ClFN2OS. The molecule has 0 unspecified atom stereocenters. The maximum Gasteiger partial charge on any atom is 0.267 e. The van der Waals surface area contributed by atoms with E-state index >= 15 is 0 Å². The topological polar surface area (TPSA) is 42.0 Å². The van der Waals surface area contributed by atoms with Gasteiger partial charge in [0.05, 0.1) is 16.9 Å². The minimum absolute atomic E-state index is 0.107. The predicted molar refractivity (Wildman–Crippen MR) is 70.9 cm³/mol. The Morgan fingerprint density at radius 3 is 2.94 bits per heavy atom. The number of amides is 1. The van der Waals surface area contributed by atoms with Crippen LogP contribution in [0.15, 0.2) is 24.4 Å². The number of thiazole rings is 1. The lowest BCUT2D eigenvalue weighted by atomic mass is 10.3. The first kappa shape index (κ1) is 13.0. The summed E-state index contributed by atoms with van der Waals surface area (Å²) in [6.45, 7) is 1.96. The molecule has 1 heterocycles. The Kier molecular flexibility index (Phi) is 3.93. The van der Waals surface area contributed by atoms with Crippen molar-refractivity contribution >= 4 is 34.5 Å². The molecule has 0 bridgehead atoms. The summed E-state index contributed by atoms with van der Waals surface area (Å²) < 4.78 is 13.5. The average Bonchev–Trinajstić information content (AvgIpc) is 2.81. The van der Waals surface area contributed by atoms with E-state index in [-0.39, 0.29) is 16.6 Å². The van der Waals surface area contributed by atoms with E-state index in [0.29, 0.717) is 4.88 Å². The Morgan fingerprint density at radius 1 is 1.56 bits per heavy atom. The number of hydrogen-bond acceptors (Lipinski definition) is 3. The third-order valence-electron chi connectivity index (χ3n) is 2.26. The van der Waals surface area contributed by atoms with Gasteiger partial charge in [-0.25, -0.2) is 9.37 Å². The number of aromatic nitrogens is 1. The first-order valence-corrected chi connectivity index (χ1v) is 6.50. The fourth-order valence-electron chi connectivity index (χ4n) is 1.35. The van der Waals surface area contributed by atoms with Gasteiger partial charge in [0.15, 0.2) is 0 Å². The lowest BCUT2D eigenvalue weighted by molar-refractivity contribution is 0.103. The number of aryl methyl sites for hydroxylation is 1. The largest absolute Gasteiger partial charge is 0.319 e. The molecule has 18 heavy (non-hydrogen) atoms. The van der Waals surface area contributed by atoms with Crippen LogP contribution < -0.4 is 5.32 Å². The highest BCUT2D eigenvalue weighted by Crippen LogP contribution is 2.21. The van der Waals surface area contributed by atoms with Gasteiger partial charge in [-0.3, -0.25) is 4.79 Å². The molecule has 0 aliphatic rings. The van der Waals surface area contributed by atoms with Gasteiger partial charge in [0.2, 0.25) is 0 Å². The van der Waals surface area contributed by atoms with Crippen LogP contribution in [0.1, 0.15) is 21.6 Å². The van der Waals surface area contributed by atoms with Crippen molar-refractivity contribution in [1.82, 2.24) is 4.98 Å². The number of nitrogens with zero attached hydrogens (tertiary/aromatic N) is 1. The van der Waals surface area contributed by atoms with Crippen molar-refractivity contribution in [2.45, 2.75) is 13.3 Å². The molecule has 6 heteroatoms. The van der Waals surface area contributed by atoms with Crippen LogP contribution in [0.4, 0.5) is 10.1 Å².